The van der Waals surface area contributed by atoms with Crippen molar-refractivity contribution < 1.29 is 92.0 Å². The summed E-state index contributed by atoms with van der Waals surface area (Å²) in [6.07, 6.45) is -4.29. The summed E-state index contributed by atoms with van der Waals surface area (Å²) in [5.74, 6) is -1.22. The zero-order chi connectivity index (χ0) is 47.9. The smallest absolute Gasteiger partial charge is 0.331 e. The molecule has 4 aromatic carbocycles. The van der Waals surface area contributed by atoms with Crippen LogP contribution in [-0.2, 0) is 33.3 Å². The average Bonchev–Trinajstić information content (AvgIpc) is 3.96. The Balaban J connectivity index is 1.10. The quantitative estimate of drug-likeness (QED) is 0.0715. The van der Waals surface area contributed by atoms with Crippen molar-refractivity contribution in [3.05, 3.63) is 95.1 Å². The standard InChI is InChI=1S/C48H52O19/c1-56-32-15-24(7-11-30(32)49)9-13-39(51)62-23-38-47(66-40(52)14-10-25-8-12-31(50)33(16-25)57-2)42(54)43(55)48(65-38)67-46-36(60-5)19-27(20-37(46)61-6)45-29-22-63-44(28(29)21-64-45)26-17-34(58-3)41(53)35(18-26)59-4/h7-20,28-29,38,42-45,47-50,53-55H,21-23H2,1-6H3/t28-,29-,38-,42-,43-,44+,45+,47-,48+/m1/s1. The summed E-state index contributed by atoms with van der Waals surface area (Å²) in [5.41, 5.74) is 2.38. The lowest BCUT2D eigenvalue weighted by molar-refractivity contribution is -0.281. The first-order valence-corrected chi connectivity index (χ1v) is 20.9. The summed E-state index contributed by atoms with van der Waals surface area (Å²) >= 11 is 0. The van der Waals surface area contributed by atoms with E-state index in [0.29, 0.717) is 29.9 Å². The Hall–Kier alpha value is -6.90. The minimum Gasteiger partial charge on any atom is -0.504 e. The van der Waals surface area contributed by atoms with Crippen LogP contribution < -0.4 is 33.2 Å². The van der Waals surface area contributed by atoms with Crippen LogP contribution in [0.4, 0.5) is 0 Å². The van der Waals surface area contributed by atoms with Crippen molar-refractivity contribution in [3.8, 4) is 57.5 Å². The number of rotatable bonds is 17. The summed E-state index contributed by atoms with van der Waals surface area (Å²) in [6, 6.07) is 15.6. The molecule has 0 radical (unpaired) electrons. The Kier molecular flexibility index (Phi) is 15.2. The minimum atomic E-state index is -1.85. The van der Waals surface area contributed by atoms with Gasteiger partial charge in [-0.25, -0.2) is 9.59 Å². The van der Waals surface area contributed by atoms with Crippen molar-refractivity contribution in [3.63, 3.8) is 0 Å². The van der Waals surface area contributed by atoms with Gasteiger partial charge in [0, 0.05) is 24.0 Å². The molecule has 0 saturated carbocycles. The van der Waals surface area contributed by atoms with Crippen LogP contribution in [0.1, 0.15) is 34.5 Å². The predicted octanol–water partition coefficient (Wildman–Crippen LogP) is 4.64. The Morgan fingerprint density at radius 1 is 0.612 bits per heavy atom. The number of aromatic hydroxyl groups is 3. The second-order valence-corrected chi connectivity index (χ2v) is 15.6. The van der Waals surface area contributed by atoms with E-state index in [-0.39, 0.29) is 69.3 Å². The molecule has 3 saturated heterocycles. The van der Waals surface area contributed by atoms with E-state index < -0.39 is 61.5 Å². The number of hydrogen-bond donors (Lipinski definition) is 5. The molecule has 7 rings (SSSR count). The van der Waals surface area contributed by atoms with E-state index in [4.69, 9.17) is 56.8 Å². The van der Waals surface area contributed by atoms with Crippen molar-refractivity contribution in [1.29, 1.82) is 0 Å². The maximum Gasteiger partial charge on any atom is 0.331 e. The fourth-order valence-corrected chi connectivity index (χ4v) is 8.20. The second-order valence-electron chi connectivity index (χ2n) is 15.6. The van der Waals surface area contributed by atoms with E-state index in [0.717, 1.165) is 17.7 Å². The van der Waals surface area contributed by atoms with Crippen LogP contribution in [0.3, 0.4) is 0 Å². The number of phenolic OH excluding ortho intramolecular Hbond substituents is 3. The van der Waals surface area contributed by atoms with E-state index in [1.165, 1.54) is 85.1 Å². The van der Waals surface area contributed by atoms with E-state index in [1.54, 1.807) is 30.3 Å². The fraction of sp³-hybridized carbons (Fsp3) is 0.375. The fourth-order valence-electron chi connectivity index (χ4n) is 8.20. The first kappa shape index (κ1) is 48.0. The van der Waals surface area contributed by atoms with Crippen molar-refractivity contribution in [1.82, 2.24) is 0 Å². The van der Waals surface area contributed by atoms with Gasteiger partial charge in [-0.2, -0.15) is 0 Å². The largest absolute Gasteiger partial charge is 0.504 e. The summed E-state index contributed by atoms with van der Waals surface area (Å²) in [4.78, 5) is 26.2. The average molecular weight is 933 g/mol. The Bertz CT molecular complexity index is 2420. The molecule has 67 heavy (non-hydrogen) atoms. The molecular formula is C48H52O19. The Morgan fingerprint density at radius 2 is 1.07 bits per heavy atom. The van der Waals surface area contributed by atoms with Gasteiger partial charge in [0.2, 0.25) is 17.8 Å². The molecule has 0 aromatic heterocycles. The second kappa shape index (κ2) is 21.2. The summed E-state index contributed by atoms with van der Waals surface area (Å²) in [7, 11) is 8.45. The molecule has 19 nitrogen and oxygen atoms in total. The molecular weight excluding hydrogens is 881 g/mol. The molecule has 9 atom stereocenters. The number of methoxy groups -OCH3 is 6. The molecule has 3 aliphatic heterocycles. The van der Waals surface area contributed by atoms with Crippen LogP contribution in [-0.4, -0.2) is 131 Å². The molecule has 19 heteroatoms. The first-order chi connectivity index (χ1) is 32.3. The summed E-state index contributed by atoms with van der Waals surface area (Å²) < 4.78 is 68.6. The number of fused-ring (bicyclic) bond motifs is 1. The lowest BCUT2D eigenvalue weighted by Gasteiger charge is -2.41. The van der Waals surface area contributed by atoms with Gasteiger partial charge in [-0.3, -0.25) is 0 Å². The summed E-state index contributed by atoms with van der Waals surface area (Å²) in [5, 5.41) is 53.3. The van der Waals surface area contributed by atoms with E-state index in [2.05, 4.69) is 0 Å². The number of carbonyl (C=O) groups excluding carboxylic acids is 2. The first-order valence-electron chi connectivity index (χ1n) is 20.9. The predicted molar refractivity (Wildman–Crippen MR) is 235 cm³/mol. The molecule has 358 valence electrons. The van der Waals surface area contributed by atoms with Gasteiger partial charge in [0.1, 0.15) is 24.9 Å². The Labute approximate surface area is 385 Å². The van der Waals surface area contributed by atoms with Gasteiger partial charge < -0.3 is 82.4 Å². The maximum absolute atomic E-state index is 13.2. The monoisotopic (exact) mass is 932 g/mol. The Morgan fingerprint density at radius 3 is 1.55 bits per heavy atom. The number of aliphatic hydroxyl groups is 2. The molecule has 3 fully saturated rings. The van der Waals surface area contributed by atoms with Crippen molar-refractivity contribution in [2.45, 2.75) is 42.9 Å². The van der Waals surface area contributed by atoms with Crippen LogP contribution in [0.25, 0.3) is 12.2 Å². The van der Waals surface area contributed by atoms with Gasteiger partial charge in [-0.15, -0.1) is 0 Å². The van der Waals surface area contributed by atoms with Crippen LogP contribution >= 0.6 is 0 Å². The molecule has 0 spiro atoms. The normalized spacial score (nSPS) is 24.5. The van der Waals surface area contributed by atoms with E-state index in [9.17, 15) is 35.1 Å². The third-order valence-electron chi connectivity index (χ3n) is 11.7. The van der Waals surface area contributed by atoms with Crippen LogP contribution in [0, 0.1) is 11.8 Å². The lowest BCUT2D eigenvalue weighted by Crippen LogP contribution is -2.61. The SMILES string of the molecule is COc1cc(C=CC(=O)OC[C@H]2O[C@@H](Oc3c(OC)cc([C@@H]4OC[C@@H]5[C@H]4CO[C@H]5c4cc(OC)c(O)c(OC)c4)cc3OC)[C@H](O)[C@@H](O)[C@@H]2OC(=O)C=Cc2ccc(O)c(OC)c2)ccc1O. The van der Waals surface area contributed by atoms with Gasteiger partial charge in [0.25, 0.3) is 0 Å². The highest BCUT2D eigenvalue weighted by atomic mass is 16.7. The molecule has 3 aliphatic rings. The van der Waals surface area contributed by atoms with Gasteiger partial charge in [0.05, 0.1) is 68.1 Å². The molecule has 5 N–H and O–H groups in total. The number of esters is 2. The van der Waals surface area contributed by atoms with Crippen molar-refractivity contribution in [2.24, 2.45) is 11.8 Å². The molecule has 0 unspecified atom stereocenters. The van der Waals surface area contributed by atoms with Gasteiger partial charge in [0.15, 0.2) is 52.1 Å². The molecule has 0 bridgehead atoms. The van der Waals surface area contributed by atoms with Gasteiger partial charge >= 0.3 is 11.9 Å². The van der Waals surface area contributed by atoms with Crippen LogP contribution in [0.5, 0.6) is 57.5 Å². The topological polar surface area (TPSA) is 246 Å². The number of ether oxygens (including phenoxy) is 12. The van der Waals surface area contributed by atoms with E-state index >= 15 is 0 Å². The number of benzene rings is 4. The third kappa shape index (κ3) is 10.4. The lowest BCUT2D eigenvalue weighted by atomic mass is 9.84. The minimum absolute atomic E-state index is 0.0194. The highest BCUT2D eigenvalue weighted by Crippen LogP contribution is 2.54. The highest BCUT2D eigenvalue weighted by Gasteiger charge is 2.50. The number of hydrogen-bond acceptors (Lipinski definition) is 19. The molecule has 3 heterocycles. The highest BCUT2D eigenvalue weighted by molar-refractivity contribution is 5.88. The zero-order valence-electron chi connectivity index (χ0n) is 37.4. The van der Waals surface area contributed by atoms with E-state index in [1.807, 2.05) is 0 Å². The van der Waals surface area contributed by atoms with Crippen LogP contribution in [0.2, 0.25) is 0 Å². The van der Waals surface area contributed by atoms with Crippen molar-refractivity contribution >= 4 is 24.1 Å². The molecule has 4 aromatic rings. The van der Waals surface area contributed by atoms with Crippen LogP contribution in [0.15, 0.2) is 72.8 Å². The van der Waals surface area contributed by atoms with Crippen molar-refractivity contribution in [2.75, 3.05) is 62.5 Å². The number of aliphatic hydroxyl groups excluding tert-OH is 2. The maximum atomic E-state index is 13.2. The zero-order valence-corrected chi connectivity index (χ0v) is 37.4. The number of phenols is 3. The summed E-state index contributed by atoms with van der Waals surface area (Å²) in [6.45, 7) is 0.0909. The third-order valence-corrected chi connectivity index (χ3v) is 11.7. The van der Waals surface area contributed by atoms with Gasteiger partial charge in [-0.05, 0) is 82.9 Å². The van der Waals surface area contributed by atoms with Gasteiger partial charge in [-0.1, -0.05) is 12.1 Å². The number of carbonyl (C=O) groups is 2. The molecule has 0 amide bonds. The molecule has 0 aliphatic carbocycles.